The maximum absolute atomic E-state index is 12.2. The van der Waals surface area contributed by atoms with Crippen LogP contribution in [0.1, 0.15) is 29.6 Å². The maximum atomic E-state index is 12.2. The summed E-state index contributed by atoms with van der Waals surface area (Å²) in [5, 5.41) is 3.02. The molecule has 1 N–H and O–H groups in total. The highest BCUT2D eigenvalue weighted by Gasteiger charge is 2.38. The van der Waals surface area contributed by atoms with Crippen molar-refractivity contribution in [1.29, 1.82) is 0 Å². The largest absolute Gasteiger partial charge is 0.496 e. The van der Waals surface area contributed by atoms with Gasteiger partial charge in [0.15, 0.2) is 0 Å². The molecular weight excluding hydrogens is 318 g/mol. The first-order valence-corrected chi connectivity index (χ1v) is 7.15. The van der Waals surface area contributed by atoms with Crippen molar-refractivity contribution >= 4 is 33.4 Å². The Morgan fingerprint density at radius 3 is 2.78 bits per heavy atom. The van der Waals surface area contributed by atoms with Crippen molar-refractivity contribution in [2.45, 2.75) is 24.8 Å². The third kappa shape index (κ3) is 2.64. The van der Waals surface area contributed by atoms with Crippen molar-refractivity contribution in [2.75, 3.05) is 13.0 Å². The zero-order chi connectivity index (χ0) is 13.2. The van der Waals surface area contributed by atoms with Gasteiger partial charge < -0.3 is 10.1 Å². The van der Waals surface area contributed by atoms with Gasteiger partial charge in [0.05, 0.1) is 18.2 Å². The SMILES string of the molecule is COc1cc(Br)ccc1C(=O)NC1(CCl)CCC1. The van der Waals surface area contributed by atoms with E-state index in [9.17, 15) is 4.79 Å². The summed E-state index contributed by atoms with van der Waals surface area (Å²) in [5.41, 5.74) is 0.314. The third-order valence-corrected chi connectivity index (χ3v) is 4.36. The zero-order valence-electron chi connectivity index (χ0n) is 10.1. The van der Waals surface area contributed by atoms with Crippen LogP contribution in [0.3, 0.4) is 0 Å². The highest BCUT2D eigenvalue weighted by Crippen LogP contribution is 2.34. The molecule has 0 radical (unpaired) electrons. The van der Waals surface area contributed by atoms with Crippen LogP contribution in [0.25, 0.3) is 0 Å². The lowest BCUT2D eigenvalue weighted by Crippen LogP contribution is -2.55. The number of alkyl halides is 1. The molecule has 1 aromatic carbocycles. The fourth-order valence-electron chi connectivity index (χ4n) is 2.06. The molecule has 18 heavy (non-hydrogen) atoms. The Kier molecular flexibility index (Phi) is 4.17. The van der Waals surface area contributed by atoms with Crippen LogP contribution in [-0.4, -0.2) is 24.4 Å². The van der Waals surface area contributed by atoms with Crippen LogP contribution in [-0.2, 0) is 0 Å². The lowest BCUT2D eigenvalue weighted by atomic mass is 9.78. The number of rotatable bonds is 4. The number of hydrogen-bond acceptors (Lipinski definition) is 2. The highest BCUT2D eigenvalue weighted by atomic mass is 79.9. The Balaban J connectivity index is 2.18. The van der Waals surface area contributed by atoms with Crippen LogP contribution < -0.4 is 10.1 Å². The van der Waals surface area contributed by atoms with Crippen molar-refractivity contribution in [3.05, 3.63) is 28.2 Å². The minimum atomic E-state index is -0.225. The molecule has 0 aliphatic heterocycles. The molecule has 1 saturated carbocycles. The topological polar surface area (TPSA) is 38.3 Å². The van der Waals surface area contributed by atoms with Gasteiger partial charge in [-0.05, 0) is 37.5 Å². The van der Waals surface area contributed by atoms with Crippen LogP contribution in [0.5, 0.6) is 5.75 Å². The molecule has 1 aliphatic carbocycles. The van der Waals surface area contributed by atoms with Crippen LogP contribution in [0.15, 0.2) is 22.7 Å². The molecule has 0 heterocycles. The molecule has 5 heteroatoms. The number of methoxy groups -OCH3 is 1. The van der Waals surface area contributed by atoms with Gasteiger partial charge in [0.2, 0.25) is 0 Å². The lowest BCUT2D eigenvalue weighted by Gasteiger charge is -2.41. The first kappa shape index (κ1) is 13.7. The number of halogens is 2. The number of nitrogens with one attached hydrogen (secondary N) is 1. The standard InChI is InChI=1S/C13H15BrClNO2/c1-18-11-7-9(14)3-4-10(11)12(17)16-13(8-15)5-2-6-13/h3-4,7H,2,5-6,8H2,1H3,(H,16,17). The molecule has 1 aromatic rings. The molecule has 0 aromatic heterocycles. The predicted octanol–water partition coefficient (Wildman–Crippen LogP) is 3.35. The second-order valence-corrected chi connectivity index (χ2v) is 5.75. The molecule has 0 saturated heterocycles. The van der Waals surface area contributed by atoms with Crippen molar-refractivity contribution < 1.29 is 9.53 Å². The molecule has 0 bridgehead atoms. The van der Waals surface area contributed by atoms with Crippen LogP contribution in [0, 0.1) is 0 Å². The monoisotopic (exact) mass is 331 g/mol. The van der Waals surface area contributed by atoms with Crippen molar-refractivity contribution in [3.63, 3.8) is 0 Å². The van der Waals surface area contributed by atoms with Crippen molar-refractivity contribution in [2.24, 2.45) is 0 Å². The normalized spacial score (nSPS) is 16.8. The molecule has 2 rings (SSSR count). The first-order valence-electron chi connectivity index (χ1n) is 5.82. The Bertz CT molecular complexity index is 455. The highest BCUT2D eigenvalue weighted by molar-refractivity contribution is 9.10. The van der Waals surface area contributed by atoms with Crippen LogP contribution in [0.4, 0.5) is 0 Å². The van der Waals surface area contributed by atoms with E-state index >= 15 is 0 Å². The minimum absolute atomic E-state index is 0.125. The van der Waals surface area contributed by atoms with Crippen LogP contribution in [0.2, 0.25) is 0 Å². The van der Waals surface area contributed by atoms with Gasteiger partial charge in [-0.2, -0.15) is 0 Å². The molecule has 1 amide bonds. The van der Waals surface area contributed by atoms with Crippen molar-refractivity contribution in [3.8, 4) is 5.75 Å². The number of amides is 1. The fourth-order valence-corrected chi connectivity index (χ4v) is 2.73. The molecule has 0 spiro atoms. The van der Waals surface area contributed by atoms with E-state index in [0.29, 0.717) is 17.2 Å². The summed E-state index contributed by atoms with van der Waals surface area (Å²) < 4.78 is 6.10. The van der Waals surface area contributed by atoms with Gasteiger partial charge >= 0.3 is 0 Å². The average molecular weight is 333 g/mol. The van der Waals surface area contributed by atoms with Gasteiger partial charge in [-0.25, -0.2) is 0 Å². The number of hydrogen-bond donors (Lipinski definition) is 1. The third-order valence-electron chi connectivity index (χ3n) is 3.35. The molecule has 3 nitrogen and oxygen atoms in total. The van der Waals surface area contributed by atoms with E-state index < -0.39 is 0 Å². The van der Waals surface area contributed by atoms with Gasteiger partial charge in [-0.1, -0.05) is 15.9 Å². The second-order valence-electron chi connectivity index (χ2n) is 4.57. The Morgan fingerprint density at radius 1 is 1.56 bits per heavy atom. The van der Waals surface area contributed by atoms with Gasteiger partial charge in [0.1, 0.15) is 5.75 Å². The molecule has 0 unspecified atom stereocenters. The van der Waals surface area contributed by atoms with E-state index in [4.69, 9.17) is 16.3 Å². The summed E-state index contributed by atoms with van der Waals surface area (Å²) in [6.07, 6.45) is 3.01. The average Bonchev–Trinajstić information content (AvgIpc) is 2.33. The van der Waals surface area contributed by atoms with Gasteiger partial charge in [-0.3, -0.25) is 4.79 Å². The zero-order valence-corrected chi connectivity index (χ0v) is 12.5. The van der Waals surface area contributed by atoms with Gasteiger partial charge in [-0.15, -0.1) is 11.6 Å². The van der Waals surface area contributed by atoms with E-state index in [1.807, 2.05) is 6.07 Å². The van der Waals surface area contributed by atoms with E-state index in [1.54, 1.807) is 19.2 Å². The van der Waals surface area contributed by atoms with Gasteiger partial charge in [0, 0.05) is 10.4 Å². The van der Waals surface area contributed by atoms with Crippen molar-refractivity contribution in [1.82, 2.24) is 5.32 Å². The summed E-state index contributed by atoms with van der Waals surface area (Å²) in [5.74, 6) is 0.892. The number of carbonyl (C=O) groups excluding carboxylic acids is 1. The predicted molar refractivity (Wildman–Crippen MR) is 75.5 cm³/mol. The maximum Gasteiger partial charge on any atom is 0.255 e. The van der Waals surface area contributed by atoms with Gasteiger partial charge in [0.25, 0.3) is 5.91 Å². The number of benzene rings is 1. The number of ether oxygens (including phenoxy) is 1. The fraction of sp³-hybridized carbons (Fsp3) is 0.462. The Morgan fingerprint density at radius 2 is 2.28 bits per heavy atom. The van der Waals surface area contributed by atoms with E-state index in [2.05, 4.69) is 21.2 Å². The second kappa shape index (κ2) is 5.49. The summed E-state index contributed by atoms with van der Waals surface area (Å²) in [7, 11) is 1.55. The summed E-state index contributed by atoms with van der Waals surface area (Å²) >= 11 is 9.29. The molecule has 0 atom stereocenters. The van der Waals surface area contributed by atoms with E-state index in [-0.39, 0.29) is 11.4 Å². The Labute approximate surface area is 120 Å². The summed E-state index contributed by atoms with van der Waals surface area (Å²) in [6, 6.07) is 5.35. The van der Waals surface area contributed by atoms with Crippen LogP contribution >= 0.6 is 27.5 Å². The quantitative estimate of drug-likeness (QED) is 0.859. The molecule has 98 valence electrons. The summed E-state index contributed by atoms with van der Waals surface area (Å²) in [6.45, 7) is 0. The van der Waals surface area contributed by atoms with E-state index in [1.165, 1.54) is 0 Å². The first-order chi connectivity index (χ1) is 8.60. The lowest BCUT2D eigenvalue weighted by molar-refractivity contribution is 0.0851. The smallest absolute Gasteiger partial charge is 0.255 e. The molecular formula is C13H15BrClNO2. The summed E-state index contributed by atoms with van der Waals surface area (Å²) in [4.78, 5) is 12.2. The number of carbonyl (C=O) groups is 1. The van der Waals surface area contributed by atoms with E-state index in [0.717, 1.165) is 23.7 Å². The molecule has 1 fully saturated rings. The molecule has 1 aliphatic rings. The Hall–Kier alpha value is -0.740. The minimum Gasteiger partial charge on any atom is -0.496 e.